The molecule has 0 atom stereocenters. The minimum absolute atomic E-state index is 0.453. The molecule has 104 valence electrons. The topological polar surface area (TPSA) is 37.4 Å². The second-order valence-corrected chi connectivity index (χ2v) is 5.59. The molecule has 0 unspecified atom stereocenters. The van der Waals surface area contributed by atoms with E-state index in [0.717, 1.165) is 31.7 Å². The molecule has 19 heavy (non-hydrogen) atoms. The van der Waals surface area contributed by atoms with Crippen molar-refractivity contribution in [1.82, 2.24) is 10.5 Å². The molecule has 0 spiro atoms. The van der Waals surface area contributed by atoms with E-state index in [1.54, 1.807) is 0 Å². The summed E-state index contributed by atoms with van der Waals surface area (Å²) in [6, 6.07) is 6.60. The largest absolute Gasteiger partial charge is 0.357 e. The summed E-state index contributed by atoms with van der Waals surface area (Å²) < 4.78 is 0. The van der Waals surface area contributed by atoms with Crippen LogP contribution in [0.5, 0.6) is 0 Å². The minimum atomic E-state index is 0.453. The van der Waals surface area contributed by atoms with Gasteiger partial charge in [0.05, 0.1) is 6.10 Å². The Morgan fingerprint density at radius 2 is 1.89 bits per heavy atom. The van der Waals surface area contributed by atoms with E-state index in [1.165, 1.54) is 25.7 Å². The van der Waals surface area contributed by atoms with Gasteiger partial charge in [-0.05, 0) is 37.8 Å². The van der Waals surface area contributed by atoms with Crippen LogP contribution in [0.15, 0.2) is 24.4 Å². The molecule has 3 rings (SSSR count). The third-order valence-corrected chi connectivity index (χ3v) is 4.17. The molecule has 4 nitrogen and oxygen atoms in total. The van der Waals surface area contributed by atoms with Gasteiger partial charge in [-0.3, -0.25) is 4.84 Å². The van der Waals surface area contributed by atoms with Crippen LogP contribution in [0.4, 0.5) is 5.82 Å². The van der Waals surface area contributed by atoms with Gasteiger partial charge in [0.1, 0.15) is 5.82 Å². The minimum Gasteiger partial charge on any atom is -0.357 e. The van der Waals surface area contributed by atoms with Gasteiger partial charge in [0.15, 0.2) is 0 Å². The van der Waals surface area contributed by atoms with Crippen LogP contribution in [-0.2, 0) is 4.84 Å². The van der Waals surface area contributed by atoms with Crippen LogP contribution in [0.3, 0.4) is 0 Å². The summed E-state index contributed by atoms with van der Waals surface area (Å²) >= 11 is 0. The van der Waals surface area contributed by atoms with Gasteiger partial charge < -0.3 is 4.90 Å². The third-order valence-electron chi connectivity index (χ3n) is 4.17. The maximum atomic E-state index is 5.80. The normalized spacial score (nSPS) is 22.0. The van der Waals surface area contributed by atoms with Gasteiger partial charge in [-0.1, -0.05) is 18.9 Å². The molecule has 1 N–H and O–H groups in total. The first-order valence-electron chi connectivity index (χ1n) is 7.49. The van der Waals surface area contributed by atoms with Crippen molar-refractivity contribution >= 4 is 5.82 Å². The Labute approximate surface area is 115 Å². The molecule has 0 amide bonds. The molecule has 0 aromatic carbocycles. The van der Waals surface area contributed by atoms with Crippen LogP contribution in [0.1, 0.15) is 38.5 Å². The summed E-state index contributed by atoms with van der Waals surface area (Å²) in [5.74, 6) is 1.10. The number of hydrogen-bond acceptors (Lipinski definition) is 4. The fraction of sp³-hybridized carbons (Fsp3) is 0.667. The fourth-order valence-corrected chi connectivity index (χ4v) is 2.97. The molecule has 1 aromatic heterocycles. The Balaban J connectivity index is 1.42. The van der Waals surface area contributed by atoms with Gasteiger partial charge in [-0.15, -0.1) is 0 Å². The highest BCUT2D eigenvalue weighted by molar-refractivity contribution is 5.38. The lowest BCUT2D eigenvalue weighted by atomic mass is 10.1. The quantitative estimate of drug-likeness (QED) is 0.845. The number of nitrogens with one attached hydrogen (secondary N) is 1. The zero-order chi connectivity index (χ0) is 12.9. The lowest BCUT2D eigenvalue weighted by molar-refractivity contribution is -0.0438. The molecule has 4 heteroatoms. The highest BCUT2D eigenvalue weighted by Crippen LogP contribution is 2.21. The molecule has 1 saturated carbocycles. The van der Waals surface area contributed by atoms with Gasteiger partial charge >= 0.3 is 0 Å². The Bertz CT molecular complexity index is 370. The van der Waals surface area contributed by atoms with Gasteiger partial charge in [0, 0.05) is 25.3 Å². The maximum Gasteiger partial charge on any atom is 0.128 e. The Hall–Kier alpha value is -1.13. The Morgan fingerprint density at radius 3 is 2.58 bits per heavy atom. The number of pyridine rings is 1. The Kier molecular flexibility index (Phi) is 4.30. The molecule has 1 saturated heterocycles. The van der Waals surface area contributed by atoms with E-state index in [1.807, 2.05) is 12.3 Å². The van der Waals surface area contributed by atoms with Crippen LogP contribution in [0.2, 0.25) is 0 Å². The van der Waals surface area contributed by atoms with Crippen molar-refractivity contribution in [1.29, 1.82) is 0 Å². The zero-order valence-electron chi connectivity index (χ0n) is 11.4. The molecule has 1 aromatic rings. The van der Waals surface area contributed by atoms with Gasteiger partial charge in [-0.25, -0.2) is 4.98 Å². The molecular weight excluding hydrogens is 238 g/mol. The van der Waals surface area contributed by atoms with Crippen molar-refractivity contribution in [3.63, 3.8) is 0 Å². The smallest absolute Gasteiger partial charge is 0.128 e. The monoisotopic (exact) mass is 261 g/mol. The lowest BCUT2D eigenvalue weighted by Gasteiger charge is -2.33. The maximum absolute atomic E-state index is 5.80. The average Bonchev–Trinajstić information content (AvgIpc) is 3.00. The van der Waals surface area contributed by atoms with E-state index >= 15 is 0 Å². The standard InChI is InChI=1S/C15H23N3O/c1-2-6-14(5-1)19-17-13-8-11-18(12-9-13)15-7-3-4-10-16-15/h3-4,7,10,13-14,17H,1-2,5-6,8-9,11-12H2. The molecule has 0 radical (unpaired) electrons. The first-order chi connectivity index (χ1) is 9.42. The third kappa shape index (κ3) is 3.45. The van der Waals surface area contributed by atoms with E-state index in [9.17, 15) is 0 Å². The summed E-state index contributed by atoms with van der Waals surface area (Å²) in [6.07, 6.45) is 9.66. The summed E-state index contributed by atoms with van der Waals surface area (Å²) in [7, 11) is 0. The van der Waals surface area contributed by atoms with E-state index in [2.05, 4.69) is 27.5 Å². The van der Waals surface area contributed by atoms with Crippen LogP contribution < -0.4 is 10.4 Å². The summed E-state index contributed by atoms with van der Waals surface area (Å²) in [6.45, 7) is 2.12. The summed E-state index contributed by atoms with van der Waals surface area (Å²) in [5, 5.41) is 0. The SMILES string of the molecule is c1ccc(N2CCC(NOC3CCCC3)CC2)nc1. The molecular formula is C15H23N3O. The first kappa shape index (κ1) is 12.9. The Morgan fingerprint density at radius 1 is 1.11 bits per heavy atom. The highest BCUT2D eigenvalue weighted by atomic mass is 16.7. The molecule has 1 aliphatic heterocycles. The van der Waals surface area contributed by atoms with Crippen molar-refractivity contribution in [3.8, 4) is 0 Å². The number of aromatic nitrogens is 1. The predicted octanol–water partition coefficient (Wildman–Crippen LogP) is 2.51. The number of anilines is 1. The number of hydrogen-bond donors (Lipinski definition) is 1. The number of hydroxylamine groups is 1. The van der Waals surface area contributed by atoms with Crippen LogP contribution >= 0.6 is 0 Å². The molecule has 2 aliphatic rings. The number of rotatable bonds is 4. The van der Waals surface area contributed by atoms with Gasteiger partial charge in [0.25, 0.3) is 0 Å². The summed E-state index contributed by atoms with van der Waals surface area (Å²) in [4.78, 5) is 12.6. The fourth-order valence-electron chi connectivity index (χ4n) is 2.97. The van der Waals surface area contributed by atoms with E-state index in [0.29, 0.717) is 12.1 Å². The van der Waals surface area contributed by atoms with Crippen LogP contribution in [-0.4, -0.2) is 30.2 Å². The molecule has 0 bridgehead atoms. The van der Waals surface area contributed by atoms with Crippen LogP contribution in [0, 0.1) is 0 Å². The molecule has 2 fully saturated rings. The van der Waals surface area contributed by atoms with Crippen molar-refractivity contribution in [2.45, 2.75) is 50.7 Å². The average molecular weight is 261 g/mol. The van der Waals surface area contributed by atoms with E-state index in [4.69, 9.17) is 4.84 Å². The van der Waals surface area contributed by atoms with Crippen molar-refractivity contribution < 1.29 is 4.84 Å². The van der Waals surface area contributed by atoms with Gasteiger partial charge in [0.2, 0.25) is 0 Å². The summed E-state index contributed by atoms with van der Waals surface area (Å²) in [5.41, 5.74) is 3.29. The zero-order valence-corrected chi connectivity index (χ0v) is 11.4. The molecule has 2 heterocycles. The van der Waals surface area contributed by atoms with E-state index < -0.39 is 0 Å². The van der Waals surface area contributed by atoms with Gasteiger partial charge in [-0.2, -0.15) is 5.48 Å². The van der Waals surface area contributed by atoms with Crippen LogP contribution in [0.25, 0.3) is 0 Å². The first-order valence-corrected chi connectivity index (χ1v) is 7.49. The second-order valence-electron chi connectivity index (χ2n) is 5.59. The van der Waals surface area contributed by atoms with Crippen molar-refractivity contribution in [3.05, 3.63) is 24.4 Å². The van der Waals surface area contributed by atoms with Crippen molar-refractivity contribution in [2.24, 2.45) is 0 Å². The highest BCUT2D eigenvalue weighted by Gasteiger charge is 2.22. The number of nitrogens with zero attached hydrogens (tertiary/aromatic N) is 2. The van der Waals surface area contributed by atoms with E-state index in [-0.39, 0.29) is 0 Å². The number of piperidine rings is 1. The molecule has 1 aliphatic carbocycles. The second kappa shape index (κ2) is 6.35. The lowest BCUT2D eigenvalue weighted by Crippen LogP contribution is -2.43. The predicted molar refractivity (Wildman–Crippen MR) is 75.9 cm³/mol. The van der Waals surface area contributed by atoms with Crippen molar-refractivity contribution in [2.75, 3.05) is 18.0 Å².